The molecule has 1 aliphatic heterocycles. The van der Waals surface area contributed by atoms with Gasteiger partial charge in [-0.3, -0.25) is 9.52 Å². The molecule has 1 saturated carbocycles. The zero-order chi connectivity index (χ0) is 22.4. The van der Waals surface area contributed by atoms with E-state index in [-0.39, 0.29) is 17.9 Å². The van der Waals surface area contributed by atoms with Gasteiger partial charge in [0.15, 0.2) is 0 Å². The summed E-state index contributed by atoms with van der Waals surface area (Å²) in [5, 5.41) is -1.02. The highest BCUT2D eigenvalue weighted by atomic mass is 32.2. The Bertz CT molecular complexity index is 1120. The van der Waals surface area contributed by atoms with Crippen molar-refractivity contribution in [2.45, 2.75) is 55.9 Å². The van der Waals surface area contributed by atoms with Crippen molar-refractivity contribution in [3.05, 3.63) is 58.9 Å². The lowest BCUT2D eigenvalue weighted by molar-refractivity contribution is -0.140. The number of halogens is 4. The van der Waals surface area contributed by atoms with E-state index in [1.54, 1.807) is 12.1 Å². The largest absolute Gasteiger partial charge is 0.419 e. The number of sulfonamides is 1. The first-order valence-corrected chi connectivity index (χ1v) is 11.7. The monoisotopic (exact) mass is 455 g/mol. The standard InChI is InChI=1S/C22H21F4NO3S/c23-19-9-7-15(11-18(19)22(24,25)26)14-6-8-16(20-12-21(28)27-31(20,29)30)17(10-14)13-4-2-1-3-5-13/h6-11,13,20H,1-5,12H2,(H,27,28). The molecule has 2 aliphatic rings. The van der Waals surface area contributed by atoms with E-state index in [1.165, 1.54) is 12.1 Å². The van der Waals surface area contributed by atoms with Gasteiger partial charge in [0.25, 0.3) is 0 Å². The fourth-order valence-electron chi connectivity index (χ4n) is 4.56. The molecule has 0 radical (unpaired) electrons. The van der Waals surface area contributed by atoms with E-state index in [2.05, 4.69) is 0 Å². The third-order valence-electron chi connectivity index (χ3n) is 6.09. The van der Waals surface area contributed by atoms with Gasteiger partial charge < -0.3 is 0 Å². The molecule has 1 amide bonds. The fourth-order valence-corrected chi connectivity index (χ4v) is 6.03. The summed E-state index contributed by atoms with van der Waals surface area (Å²) in [7, 11) is -3.86. The third-order valence-corrected chi connectivity index (χ3v) is 7.77. The molecule has 166 valence electrons. The molecule has 1 heterocycles. The van der Waals surface area contributed by atoms with Crippen molar-refractivity contribution in [3.8, 4) is 11.1 Å². The van der Waals surface area contributed by atoms with Crippen LogP contribution >= 0.6 is 0 Å². The lowest BCUT2D eigenvalue weighted by atomic mass is 9.80. The first-order valence-electron chi connectivity index (χ1n) is 10.1. The molecule has 4 rings (SSSR count). The van der Waals surface area contributed by atoms with Crippen molar-refractivity contribution in [2.75, 3.05) is 0 Å². The highest BCUT2D eigenvalue weighted by Gasteiger charge is 2.40. The van der Waals surface area contributed by atoms with Crippen LogP contribution in [-0.4, -0.2) is 14.3 Å². The summed E-state index contributed by atoms with van der Waals surface area (Å²) in [6, 6.07) is 7.66. The van der Waals surface area contributed by atoms with Crippen molar-refractivity contribution in [1.29, 1.82) is 0 Å². The number of hydrogen-bond acceptors (Lipinski definition) is 3. The van der Waals surface area contributed by atoms with Gasteiger partial charge in [-0.2, -0.15) is 13.2 Å². The number of carbonyl (C=O) groups excluding carboxylic acids is 1. The van der Waals surface area contributed by atoms with Crippen LogP contribution in [0.2, 0.25) is 0 Å². The van der Waals surface area contributed by atoms with E-state index in [1.807, 2.05) is 4.72 Å². The molecule has 0 aromatic heterocycles. The second-order valence-electron chi connectivity index (χ2n) is 8.13. The number of nitrogens with one attached hydrogen (secondary N) is 1. The van der Waals surface area contributed by atoms with Gasteiger partial charge in [0, 0.05) is 0 Å². The highest BCUT2D eigenvalue weighted by Crippen LogP contribution is 2.42. The zero-order valence-corrected chi connectivity index (χ0v) is 17.3. The SMILES string of the molecule is O=C1CC(c2ccc(-c3ccc(F)c(C(F)(F)F)c3)cc2C2CCCCC2)S(=O)(=O)N1. The van der Waals surface area contributed by atoms with Crippen LogP contribution in [0.15, 0.2) is 36.4 Å². The molecule has 31 heavy (non-hydrogen) atoms. The number of benzene rings is 2. The summed E-state index contributed by atoms with van der Waals surface area (Å²) < 4.78 is 80.1. The van der Waals surface area contributed by atoms with Crippen LogP contribution in [0.4, 0.5) is 17.6 Å². The average molecular weight is 455 g/mol. The predicted octanol–water partition coefficient (Wildman–Crippen LogP) is 5.45. The Hall–Kier alpha value is -2.42. The predicted molar refractivity (Wildman–Crippen MR) is 107 cm³/mol. The maximum Gasteiger partial charge on any atom is 0.419 e. The van der Waals surface area contributed by atoms with Crippen molar-refractivity contribution < 1.29 is 30.8 Å². The number of alkyl halides is 3. The maximum atomic E-state index is 13.7. The Kier molecular flexibility index (Phi) is 5.57. The van der Waals surface area contributed by atoms with E-state index < -0.39 is 38.7 Å². The highest BCUT2D eigenvalue weighted by molar-refractivity contribution is 7.90. The van der Waals surface area contributed by atoms with Crippen molar-refractivity contribution in [3.63, 3.8) is 0 Å². The Labute approximate surface area is 177 Å². The molecule has 0 spiro atoms. The molecule has 2 aromatic carbocycles. The number of amides is 1. The number of carbonyl (C=O) groups is 1. The molecule has 2 fully saturated rings. The molecule has 4 nitrogen and oxygen atoms in total. The van der Waals surface area contributed by atoms with Crippen molar-refractivity contribution >= 4 is 15.9 Å². The van der Waals surface area contributed by atoms with Gasteiger partial charge in [-0.1, -0.05) is 43.5 Å². The smallest absolute Gasteiger partial charge is 0.274 e. The summed E-state index contributed by atoms with van der Waals surface area (Å²) in [5.74, 6) is -1.86. The van der Waals surface area contributed by atoms with Gasteiger partial charge in [-0.15, -0.1) is 0 Å². The minimum atomic E-state index is -4.82. The number of rotatable bonds is 3. The van der Waals surface area contributed by atoms with E-state index in [9.17, 15) is 30.8 Å². The summed E-state index contributed by atoms with van der Waals surface area (Å²) in [6.45, 7) is 0. The van der Waals surface area contributed by atoms with Gasteiger partial charge >= 0.3 is 6.18 Å². The molecule has 1 saturated heterocycles. The van der Waals surface area contributed by atoms with E-state index in [4.69, 9.17) is 0 Å². The average Bonchev–Trinajstić information content (AvgIpc) is 2.99. The van der Waals surface area contributed by atoms with Crippen LogP contribution in [0.3, 0.4) is 0 Å². The Morgan fingerprint density at radius 3 is 2.16 bits per heavy atom. The molecule has 1 N–H and O–H groups in total. The molecular weight excluding hydrogens is 434 g/mol. The van der Waals surface area contributed by atoms with Crippen LogP contribution in [0.25, 0.3) is 11.1 Å². The van der Waals surface area contributed by atoms with Gasteiger partial charge in [-0.05, 0) is 53.1 Å². The third kappa shape index (κ3) is 4.33. The minimum absolute atomic E-state index is 0.0529. The second-order valence-corrected chi connectivity index (χ2v) is 10.00. The Morgan fingerprint density at radius 1 is 0.903 bits per heavy atom. The van der Waals surface area contributed by atoms with Gasteiger partial charge in [0.05, 0.1) is 12.0 Å². The first kappa shape index (κ1) is 21.8. The topological polar surface area (TPSA) is 63.2 Å². The molecule has 1 aliphatic carbocycles. The Morgan fingerprint density at radius 2 is 1.55 bits per heavy atom. The first-order chi connectivity index (χ1) is 14.6. The van der Waals surface area contributed by atoms with Gasteiger partial charge in [0.1, 0.15) is 11.1 Å². The normalized spacial score (nSPS) is 21.8. The molecule has 2 aromatic rings. The van der Waals surface area contributed by atoms with Crippen LogP contribution in [-0.2, 0) is 21.0 Å². The van der Waals surface area contributed by atoms with Crippen LogP contribution in [0.1, 0.15) is 66.4 Å². The lowest BCUT2D eigenvalue weighted by Crippen LogP contribution is -2.22. The van der Waals surface area contributed by atoms with E-state index in [0.29, 0.717) is 11.1 Å². The minimum Gasteiger partial charge on any atom is -0.274 e. The zero-order valence-electron chi connectivity index (χ0n) is 16.5. The van der Waals surface area contributed by atoms with Crippen molar-refractivity contribution in [1.82, 2.24) is 4.72 Å². The number of hydrogen-bond donors (Lipinski definition) is 1. The summed E-state index contributed by atoms with van der Waals surface area (Å²) >= 11 is 0. The maximum absolute atomic E-state index is 13.7. The lowest BCUT2D eigenvalue weighted by Gasteiger charge is -2.26. The molecule has 0 bridgehead atoms. The van der Waals surface area contributed by atoms with Crippen LogP contribution in [0, 0.1) is 5.82 Å². The van der Waals surface area contributed by atoms with E-state index in [0.717, 1.165) is 49.8 Å². The fraction of sp³-hybridized carbons (Fsp3) is 0.409. The Balaban J connectivity index is 1.83. The molecule has 1 atom stereocenters. The van der Waals surface area contributed by atoms with Crippen LogP contribution < -0.4 is 4.72 Å². The van der Waals surface area contributed by atoms with E-state index >= 15 is 0 Å². The molecule has 1 unspecified atom stereocenters. The van der Waals surface area contributed by atoms with Crippen molar-refractivity contribution in [2.24, 2.45) is 0 Å². The van der Waals surface area contributed by atoms with Gasteiger partial charge in [-0.25, -0.2) is 12.8 Å². The molecule has 9 heteroatoms. The quantitative estimate of drug-likeness (QED) is 0.626. The summed E-state index contributed by atoms with van der Waals surface area (Å²) in [6.07, 6.45) is -0.328. The second kappa shape index (κ2) is 7.93. The summed E-state index contributed by atoms with van der Waals surface area (Å²) in [4.78, 5) is 11.7. The van der Waals surface area contributed by atoms with Gasteiger partial charge in [0.2, 0.25) is 15.9 Å². The molecular formula is C22H21F4NO3S. The van der Waals surface area contributed by atoms with Crippen LogP contribution in [0.5, 0.6) is 0 Å². The summed E-state index contributed by atoms with van der Waals surface area (Å²) in [5.41, 5.74) is 0.541.